The van der Waals surface area contributed by atoms with Crippen LogP contribution in [0.2, 0.25) is 0 Å². The fourth-order valence-electron chi connectivity index (χ4n) is 6.96. The molecule has 252 valence electrons. The number of carbonyl (C=O) groups excluding carboxylic acids is 2. The van der Waals surface area contributed by atoms with E-state index in [1.807, 2.05) is 0 Å². The van der Waals surface area contributed by atoms with Crippen molar-refractivity contribution in [2.24, 2.45) is 23.7 Å². The Hall–Kier alpha value is -4.78. The average Bonchev–Trinajstić information content (AvgIpc) is 3.72. The Bertz CT molecular complexity index is 1820. The van der Waals surface area contributed by atoms with Crippen molar-refractivity contribution in [1.82, 2.24) is 5.32 Å². The number of carboxylic acids is 1. The Kier molecular flexibility index (Phi) is 8.75. The highest BCUT2D eigenvalue weighted by Gasteiger charge is 2.55. The number of rotatable bonds is 9. The first-order valence-electron chi connectivity index (χ1n) is 15.4. The predicted octanol–water partition coefficient (Wildman–Crippen LogP) is 6.51. The molecule has 2 amide bonds. The fourth-order valence-corrected chi connectivity index (χ4v) is 6.96. The standard InChI is InChI=1S/C35H31F5N2O6/c1-48-28-11-5-17(22-14-18(4-9-26(22)36)31(43)34(46)47)13-24(28)32(44)42-30-21-8-7-20(23(21)12-16-2-3-16)29(30)33(45)41-19-6-10-27(37)25(15-19)35(38,39)40/h4-6,9-16,20-21,29-31,43H,2-3,7-8H2,1H3,(H,41,45)(H,42,44)(H,46,47)/b23-12-/t20?,21?,29-,30+,31?/m0/s1. The number of fused-ring (bicyclic) bond motifs is 2. The van der Waals surface area contributed by atoms with Crippen molar-refractivity contribution in [3.8, 4) is 16.9 Å². The van der Waals surface area contributed by atoms with Crippen LogP contribution in [0.15, 0.2) is 66.2 Å². The summed E-state index contributed by atoms with van der Waals surface area (Å²) in [5, 5.41) is 24.6. The molecule has 4 N–H and O–H groups in total. The van der Waals surface area contributed by atoms with Crippen molar-refractivity contribution in [2.45, 2.75) is 44.0 Å². The van der Waals surface area contributed by atoms with Gasteiger partial charge in [0.25, 0.3) is 5.91 Å². The predicted molar refractivity (Wildman–Crippen MR) is 163 cm³/mol. The summed E-state index contributed by atoms with van der Waals surface area (Å²) in [7, 11) is 1.33. The van der Waals surface area contributed by atoms with E-state index in [-0.39, 0.29) is 45.5 Å². The van der Waals surface area contributed by atoms with Crippen LogP contribution in [-0.2, 0) is 15.8 Å². The molecule has 0 saturated heterocycles. The van der Waals surface area contributed by atoms with Gasteiger partial charge < -0.3 is 25.6 Å². The van der Waals surface area contributed by atoms with E-state index in [1.54, 1.807) is 0 Å². The van der Waals surface area contributed by atoms with Crippen molar-refractivity contribution >= 4 is 23.5 Å². The molecule has 3 fully saturated rings. The SMILES string of the molecule is COc1ccc(-c2cc(C(O)C(=O)O)ccc2F)cc1C(=O)N[C@@H]1C2CCC(/C2=C/C2CC2)[C@@H]1C(=O)Nc1ccc(F)c(C(F)(F)F)c1. The monoisotopic (exact) mass is 670 g/mol. The summed E-state index contributed by atoms with van der Waals surface area (Å²) in [5.74, 6) is -5.85. The topological polar surface area (TPSA) is 125 Å². The largest absolute Gasteiger partial charge is 0.496 e. The molecule has 3 aromatic carbocycles. The molecular weight excluding hydrogens is 639 g/mol. The lowest BCUT2D eigenvalue weighted by molar-refractivity contribution is -0.147. The number of alkyl halides is 3. The summed E-state index contributed by atoms with van der Waals surface area (Å²) in [6, 6.07) is 9.03. The van der Waals surface area contributed by atoms with Crippen molar-refractivity contribution in [2.75, 3.05) is 12.4 Å². The first-order chi connectivity index (χ1) is 22.8. The van der Waals surface area contributed by atoms with E-state index >= 15 is 0 Å². The van der Waals surface area contributed by atoms with Crippen LogP contribution in [0, 0.1) is 35.3 Å². The number of halogens is 5. The molecule has 3 aliphatic rings. The second-order valence-electron chi connectivity index (χ2n) is 12.4. The molecule has 0 heterocycles. The molecule has 3 aromatic rings. The molecule has 8 nitrogen and oxygen atoms in total. The summed E-state index contributed by atoms with van der Waals surface area (Å²) in [6.07, 6.45) is -1.43. The van der Waals surface area contributed by atoms with Crippen LogP contribution in [0.25, 0.3) is 11.1 Å². The number of methoxy groups -OCH3 is 1. The lowest BCUT2D eigenvalue weighted by Gasteiger charge is -2.30. The molecule has 3 unspecified atom stereocenters. The van der Waals surface area contributed by atoms with Gasteiger partial charge in [-0.1, -0.05) is 23.8 Å². The molecule has 6 rings (SSSR count). The molecule has 5 atom stereocenters. The molecule has 2 bridgehead atoms. The Morgan fingerprint density at radius 2 is 1.65 bits per heavy atom. The van der Waals surface area contributed by atoms with Crippen molar-refractivity contribution < 1.29 is 51.3 Å². The molecule has 0 spiro atoms. The van der Waals surface area contributed by atoms with E-state index < -0.39 is 59.2 Å². The number of aliphatic hydroxyl groups excluding tert-OH is 1. The number of aliphatic carboxylic acids is 1. The van der Waals surface area contributed by atoms with Gasteiger partial charge in [0, 0.05) is 23.2 Å². The second kappa shape index (κ2) is 12.7. The minimum absolute atomic E-state index is 0.0124. The molecule has 0 aromatic heterocycles. The Morgan fingerprint density at radius 3 is 2.31 bits per heavy atom. The van der Waals surface area contributed by atoms with E-state index in [9.17, 15) is 46.5 Å². The number of anilines is 1. The van der Waals surface area contributed by atoms with Crippen LogP contribution >= 0.6 is 0 Å². The van der Waals surface area contributed by atoms with Gasteiger partial charge >= 0.3 is 12.1 Å². The third-order valence-corrected chi connectivity index (χ3v) is 9.38. The maximum atomic E-state index is 15.0. The second-order valence-corrected chi connectivity index (χ2v) is 12.4. The zero-order chi connectivity index (χ0) is 34.5. The summed E-state index contributed by atoms with van der Waals surface area (Å²) in [6.45, 7) is 0. The molecule has 3 aliphatic carbocycles. The van der Waals surface area contributed by atoms with Gasteiger partial charge in [0.1, 0.15) is 17.4 Å². The number of nitrogens with one attached hydrogen (secondary N) is 2. The van der Waals surface area contributed by atoms with E-state index in [2.05, 4.69) is 16.7 Å². The van der Waals surface area contributed by atoms with E-state index in [1.165, 1.54) is 31.4 Å². The zero-order valence-corrected chi connectivity index (χ0v) is 25.5. The summed E-state index contributed by atoms with van der Waals surface area (Å²) < 4.78 is 74.4. The van der Waals surface area contributed by atoms with Gasteiger partial charge in [0.2, 0.25) is 5.91 Å². The Morgan fingerprint density at radius 1 is 0.938 bits per heavy atom. The molecule has 0 aliphatic heterocycles. The minimum Gasteiger partial charge on any atom is -0.496 e. The highest BCUT2D eigenvalue weighted by molar-refractivity contribution is 6.00. The molecular formula is C35H31F5N2O6. The number of benzene rings is 3. The van der Waals surface area contributed by atoms with Gasteiger partial charge in [-0.3, -0.25) is 9.59 Å². The van der Waals surface area contributed by atoms with Crippen molar-refractivity contribution in [1.29, 1.82) is 0 Å². The third kappa shape index (κ3) is 6.38. The molecule has 3 saturated carbocycles. The maximum Gasteiger partial charge on any atom is 0.419 e. The van der Waals surface area contributed by atoms with E-state index in [4.69, 9.17) is 4.74 Å². The number of hydrogen-bond acceptors (Lipinski definition) is 5. The number of carbonyl (C=O) groups is 3. The van der Waals surface area contributed by atoms with E-state index in [0.717, 1.165) is 36.6 Å². The van der Waals surface area contributed by atoms with Gasteiger partial charge in [0.15, 0.2) is 6.10 Å². The minimum atomic E-state index is -4.97. The van der Waals surface area contributed by atoms with Gasteiger partial charge in [-0.25, -0.2) is 13.6 Å². The highest BCUT2D eigenvalue weighted by atomic mass is 19.4. The van der Waals surface area contributed by atoms with Crippen LogP contribution in [0.4, 0.5) is 27.6 Å². The lowest BCUT2D eigenvalue weighted by Crippen LogP contribution is -2.48. The smallest absolute Gasteiger partial charge is 0.419 e. The zero-order valence-electron chi connectivity index (χ0n) is 25.5. The number of hydrogen-bond donors (Lipinski definition) is 4. The van der Waals surface area contributed by atoms with Gasteiger partial charge in [-0.05, 0) is 91.1 Å². The molecule has 0 radical (unpaired) electrons. The maximum absolute atomic E-state index is 15.0. The Balaban J connectivity index is 1.32. The summed E-state index contributed by atoms with van der Waals surface area (Å²) in [4.78, 5) is 39.0. The highest BCUT2D eigenvalue weighted by Crippen LogP contribution is 2.54. The van der Waals surface area contributed by atoms with Crippen LogP contribution in [0.3, 0.4) is 0 Å². The molecule has 48 heavy (non-hydrogen) atoms. The van der Waals surface area contributed by atoms with Crippen LogP contribution < -0.4 is 15.4 Å². The quantitative estimate of drug-likeness (QED) is 0.152. The van der Waals surface area contributed by atoms with E-state index in [0.29, 0.717) is 30.9 Å². The number of allylic oxidation sites excluding steroid dienone is 1. The first-order valence-corrected chi connectivity index (χ1v) is 15.4. The van der Waals surface area contributed by atoms with Crippen molar-refractivity contribution in [3.05, 3.63) is 94.6 Å². The lowest BCUT2D eigenvalue weighted by atomic mass is 9.83. The van der Waals surface area contributed by atoms with Crippen LogP contribution in [-0.4, -0.2) is 41.1 Å². The normalized spacial score (nSPS) is 23.2. The number of amides is 2. The van der Waals surface area contributed by atoms with Crippen LogP contribution in [0.5, 0.6) is 5.75 Å². The van der Waals surface area contributed by atoms with Gasteiger partial charge in [0.05, 0.1) is 24.2 Å². The molecule has 13 heteroatoms. The fraction of sp³-hybridized carbons (Fsp3) is 0.343. The van der Waals surface area contributed by atoms with Gasteiger partial charge in [-0.2, -0.15) is 13.2 Å². The number of aliphatic hydroxyl groups is 1. The number of carboxylic acid groups (broad SMARTS) is 1. The Labute approximate surface area is 271 Å². The summed E-state index contributed by atoms with van der Waals surface area (Å²) in [5.41, 5.74) is -0.703. The first kappa shape index (κ1) is 33.1. The van der Waals surface area contributed by atoms with Crippen LogP contribution in [0.1, 0.15) is 53.3 Å². The van der Waals surface area contributed by atoms with Crippen molar-refractivity contribution in [3.63, 3.8) is 0 Å². The summed E-state index contributed by atoms with van der Waals surface area (Å²) >= 11 is 0. The third-order valence-electron chi connectivity index (χ3n) is 9.38. The number of ether oxygens (including phenoxy) is 1. The van der Waals surface area contributed by atoms with Gasteiger partial charge in [-0.15, -0.1) is 0 Å². The average molecular weight is 671 g/mol.